The lowest BCUT2D eigenvalue weighted by molar-refractivity contribution is 0.00841. The molecule has 3 saturated heterocycles. The van der Waals surface area contributed by atoms with Gasteiger partial charge >= 0.3 is 0 Å². The molecule has 1 aliphatic carbocycles. The van der Waals surface area contributed by atoms with E-state index in [1.165, 1.54) is 12.8 Å². The fraction of sp³-hybridized carbons (Fsp3) is 0.733. The summed E-state index contributed by atoms with van der Waals surface area (Å²) in [6, 6.07) is 0.258. The van der Waals surface area contributed by atoms with Gasteiger partial charge in [0, 0.05) is 38.6 Å². The van der Waals surface area contributed by atoms with Crippen molar-refractivity contribution in [2.45, 2.75) is 37.6 Å². The van der Waals surface area contributed by atoms with Crippen LogP contribution in [0.25, 0.3) is 0 Å². The zero-order valence-electron chi connectivity index (χ0n) is 12.1. The lowest BCUT2D eigenvalue weighted by Crippen LogP contribution is -2.57. The summed E-state index contributed by atoms with van der Waals surface area (Å²) in [6.45, 7) is 5.46. The van der Waals surface area contributed by atoms with Crippen molar-refractivity contribution >= 4 is 15.9 Å². The van der Waals surface area contributed by atoms with E-state index in [0.29, 0.717) is 10.4 Å². The Hall–Kier alpha value is -0.720. The van der Waals surface area contributed by atoms with Crippen molar-refractivity contribution in [3.05, 3.63) is 26.3 Å². The Balaban J connectivity index is 1.70. The van der Waals surface area contributed by atoms with Crippen LogP contribution >= 0.6 is 15.9 Å². The Morgan fingerprint density at radius 2 is 1.86 bits per heavy atom. The van der Waals surface area contributed by atoms with E-state index in [9.17, 15) is 4.79 Å². The smallest absolute Gasteiger partial charge is 0.265 e. The Labute approximate surface area is 132 Å². The first-order valence-corrected chi connectivity index (χ1v) is 8.77. The van der Waals surface area contributed by atoms with E-state index in [0.717, 1.165) is 57.1 Å². The minimum absolute atomic E-state index is 0.0143. The third-order valence-electron chi connectivity index (χ3n) is 5.24. The molecule has 1 unspecified atom stereocenters. The molecule has 5 nitrogen and oxygen atoms in total. The van der Waals surface area contributed by atoms with Crippen LogP contribution in [0.2, 0.25) is 0 Å². The van der Waals surface area contributed by atoms with E-state index >= 15 is 0 Å². The molecular formula is C15H21BrN4O. The molecule has 4 fully saturated rings. The Kier molecular flexibility index (Phi) is 3.63. The van der Waals surface area contributed by atoms with Gasteiger partial charge in [-0.05, 0) is 28.8 Å². The molecule has 1 aromatic rings. The average molecular weight is 353 g/mol. The molecule has 2 bridgehead atoms. The molecule has 3 aliphatic heterocycles. The van der Waals surface area contributed by atoms with E-state index in [2.05, 4.69) is 30.7 Å². The third kappa shape index (κ3) is 2.47. The second-order valence-corrected chi connectivity index (χ2v) is 7.28. The van der Waals surface area contributed by atoms with Crippen LogP contribution in [0.4, 0.5) is 0 Å². The molecule has 1 atom stereocenters. The molecule has 1 aromatic heterocycles. The summed E-state index contributed by atoms with van der Waals surface area (Å²) in [5, 5.41) is 0. The highest BCUT2D eigenvalue weighted by Gasteiger charge is 2.35. The van der Waals surface area contributed by atoms with Gasteiger partial charge in [-0.1, -0.05) is 12.8 Å². The van der Waals surface area contributed by atoms with Gasteiger partial charge in [-0.3, -0.25) is 14.6 Å². The maximum absolute atomic E-state index is 12.3. The zero-order valence-corrected chi connectivity index (χ0v) is 13.7. The molecule has 6 heteroatoms. The quantitative estimate of drug-likeness (QED) is 0.882. The van der Waals surface area contributed by atoms with Crippen molar-refractivity contribution in [3.8, 4) is 0 Å². The normalized spacial score (nSPS) is 32.7. The van der Waals surface area contributed by atoms with E-state index < -0.39 is 0 Å². The molecule has 114 valence electrons. The maximum Gasteiger partial charge on any atom is 0.265 e. The Morgan fingerprint density at radius 3 is 2.48 bits per heavy atom. The van der Waals surface area contributed by atoms with Gasteiger partial charge in [0.2, 0.25) is 0 Å². The van der Waals surface area contributed by atoms with Crippen molar-refractivity contribution in [1.82, 2.24) is 19.8 Å². The number of aromatic amines is 1. The highest BCUT2D eigenvalue weighted by molar-refractivity contribution is 9.10. The van der Waals surface area contributed by atoms with Crippen LogP contribution in [-0.2, 0) is 0 Å². The van der Waals surface area contributed by atoms with E-state index in [-0.39, 0.29) is 11.6 Å². The first kappa shape index (κ1) is 13.9. The Morgan fingerprint density at radius 1 is 1.14 bits per heavy atom. The highest BCUT2D eigenvalue weighted by Crippen LogP contribution is 2.36. The van der Waals surface area contributed by atoms with Crippen LogP contribution in [0, 0.1) is 0 Å². The summed E-state index contributed by atoms with van der Waals surface area (Å²) >= 11 is 3.46. The number of rotatable bonds is 2. The lowest BCUT2D eigenvalue weighted by Gasteiger charge is -2.46. The molecule has 4 heterocycles. The minimum atomic E-state index is -0.0143. The molecule has 5 rings (SSSR count). The number of halogens is 1. The van der Waals surface area contributed by atoms with Crippen molar-refractivity contribution in [1.29, 1.82) is 0 Å². The molecule has 21 heavy (non-hydrogen) atoms. The largest absolute Gasteiger partial charge is 0.308 e. The highest BCUT2D eigenvalue weighted by atomic mass is 79.9. The van der Waals surface area contributed by atoms with Crippen molar-refractivity contribution < 1.29 is 0 Å². The number of aromatic nitrogens is 2. The van der Waals surface area contributed by atoms with Gasteiger partial charge in [-0.25, -0.2) is 4.98 Å². The fourth-order valence-electron chi connectivity index (χ4n) is 4.00. The van der Waals surface area contributed by atoms with Crippen molar-refractivity contribution in [3.63, 3.8) is 0 Å². The number of H-pyrrole nitrogens is 1. The predicted molar refractivity (Wildman–Crippen MR) is 84.5 cm³/mol. The summed E-state index contributed by atoms with van der Waals surface area (Å²) in [6.07, 6.45) is 4.83. The number of hydrogen-bond donors (Lipinski definition) is 1. The summed E-state index contributed by atoms with van der Waals surface area (Å²) < 4.78 is 0.648. The molecule has 4 aliphatic rings. The van der Waals surface area contributed by atoms with E-state index in [4.69, 9.17) is 4.98 Å². The summed E-state index contributed by atoms with van der Waals surface area (Å²) in [5.74, 6) is 1.33. The molecule has 1 saturated carbocycles. The summed E-state index contributed by atoms with van der Waals surface area (Å²) in [4.78, 5) is 25.1. The maximum atomic E-state index is 12.3. The lowest BCUT2D eigenvalue weighted by atomic mass is 10.0. The SMILES string of the molecule is O=c1[nH]c(C2CN3CCN2CC3)nc(C2CCCC2)c1Br. The second kappa shape index (κ2) is 5.48. The van der Waals surface area contributed by atoms with Crippen LogP contribution in [0.5, 0.6) is 0 Å². The molecule has 0 amide bonds. The number of nitrogens with one attached hydrogen (secondary N) is 1. The topological polar surface area (TPSA) is 52.2 Å². The van der Waals surface area contributed by atoms with Crippen molar-refractivity contribution in [2.24, 2.45) is 0 Å². The van der Waals surface area contributed by atoms with Crippen molar-refractivity contribution in [2.75, 3.05) is 32.7 Å². The number of fused-ring (bicyclic) bond motifs is 3. The molecule has 1 N–H and O–H groups in total. The van der Waals surface area contributed by atoms with Gasteiger partial charge in [0.25, 0.3) is 5.56 Å². The monoisotopic (exact) mass is 352 g/mol. The van der Waals surface area contributed by atoms with Gasteiger partial charge in [-0.2, -0.15) is 0 Å². The second-order valence-electron chi connectivity index (χ2n) is 6.48. The van der Waals surface area contributed by atoms with Gasteiger partial charge in [0.05, 0.1) is 11.7 Å². The average Bonchev–Trinajstić information content (AvgIpc) is 3.05. The molecule has 0 aromatic carbocycles. The van der Waals surface area contributed by atoms with Gasteiger partial charge in [0.1, 0.15) is 10.3 Å². The molecule has 0 spiro atoms. The van der Waals surface area contributed by atoms with Crippen LogP contribution in [0.15, 0.2) is 9.27 Å². The van der Waals surface area contributed by atoms with Crippen LogP contribution in [0.1, 0.15) is 49.2 Å². The first-order chi connectivity index (χ1) is 10.2. The number of hydrogen-bond acceptors (Lipinski definition) is 4. The number of piperazine rings is 3. The van der Waals surface area contributed by atoms with E-state index in [1.54, 1.807) is 0 Å². The van der Waals surface area contributed by atoms with Crippen LogP contribution < -0.4 is 5.56 Å². The third-order valence-corrected chi connectivity index (χ3v) is 6.01. The van der Waals surface area contributed by atoms with Gasteiger partial charge in [-0.15, -0.1) is 0 Å². The van der Waals surface area contributed by atoms with Gasteiger partial charge in [0.15, 0.2) is 0 Å². The first-order valence-electron chi connectivity index (χ1n) is 7.98. The van der Waals surface area contributed by atoms with E-state index in [1.807, 2.05) is 0 Å². The zero-order chi connectivity index (χ0) is 14.4. The summed E-state index contributed by atoms with van der Waals surface area (Å²) in [5.41, 5.74) is 0.975. The number of nitrogens with zero attached hydrogens (tertiary/aromatic N) is 3. The van der Waals surface area contributed by atoms with Gasteiger partial charge < -0.3 is 4.98 Å². The fourth-order valence-corrected chi connectivity index (χ4v) is 4.51. The van der Waals surface area contributed by atoms with Crippen LogP contribution in [-0.4, -0.2) is 52.5 Å². The Bertz CT molecular complexity index is 588. The predicted octanol–water partition coefficient (Wildman–Crippen LogP) is 1.86. The minimum Gasteiger partial charge on any atom is -0.308 e. The molecule has 0 radical (unpaired) electrons. The molecular weight excluding hydrogens is 332 g/mol. The standard InChI is InChI=1S/C15H21BrN4O/c16-12-13(10-3-1-2-4-10)17-14(18-15(12)21)11-9-19-5-7-20(11)8-6-19/h10-11H,1-9H2,(H,17,18,21). The van der Waals surface area contributed by atoms with Crippen LogP contribution in [0.3, 0.4) is 0 Å². The summed E-state index contributed by atoms with van der Waals surface area (Å²) in [7, 11) is 0.